The molecule has 0 amide bonds. The summed E-state index contributed by atoms with van der Waals surface area (Å²) < 4.78 is 69.3. The van der Waals surface area contributed by atoms with Crippen LogP contribution in [0.5, 0.6) is 0 Å². The molecule has 0 aliphatic rings. The summed E-state index contributed by atoms with van der Waals surface area (Å²) in [5.41, 5.74) is -0.221. The van der Waals surface area contributed by atoms with Crippen molar-refractivity contribution in [2.75, 3.05) is 0 Å². The normalized spacial score (nSPS) is 14.2. The zero-order valence-electron chi connectivity index (χ0n) is 10.7. The van der Waals surface area contributed by atoms with E-state index in [4.69, 9.17) is 0 Å². The van der Waals surface area contributed by atoms with Gasteiger partial charge in [0.05, 0.1) is 5.56 Å². The summed E-state index contributed by atoms with van der Waals surface area (Å²) in [4.78, 5) is 11.5. The van der Waals surface area contributed by atoms with Crippen molar-refractivity contribution in [3.8, 4) is 0 Å². The van der Waals surface area contributed by atoms with E-state index in [9.17, 15) is 26.7 Å². The van der Waals surface area contributed by atoms with Gasteiger partial charge >= 0.3 is 12.1 Å². The van der Waals surface area contributed by atoms with Crippen molar-refractivity contribution in [1.82, 2.24) is 0 Å². The van der Waals surface area contributed by atoms with Gasteiger partial charge in [-0.15, -0.1) is 0 Å². The Morgan fingerprint density at radius 2 is 1.55 bits per heavy atom. The smallest absolute Gasteiger partial charge is 0.431 e. The molecule has 0 aliphatic heterocycles. The van der Waals surface area contributed by atoms with Crippen molar-refractivity contribution in [3.63, 3.8) is 0 Å². The molecule has 0 spiro atoms. The zero-order valence-corrected chi connectivity index (χ0v) is 10.7. The molecule has 0 saturated heterocycles. The fourth-order valence-corrected chi connectivity index (χ4v) is 1.42. The fourth-order valence-electron chi connectivity index (χ4n) is 1.42. The number of hydrogen-bond acceptors (Lipinski definition) is 2. The predicted octanol–water partition coefficient (Wildman–Crippen LogP) is 4.07. The quantitative estimate of drug-likeness (QED) is 0.618. The lowest BCUT2D eigenvalue weighted by Gasteiger charge is -2.30. The van der Waals surface area contributed by atoms with Crippen molar-refractivity contribution in [3.05, 3.63) is 35.9 Å². The van der Waals surface area contributed by atoms with Crippen LogP contribution in [0.4, 0.5) is 22.0 Å². The Balaban J connectivity index is 3.01. The largest absolute Gasteiger partial charge is 0.442 e. The summed E-state index contributed by atoms with van der Waals surface area (Å²) in [5.74, 6) is -7.27. The van der Waals surface area contributed by atoms with Gasteiger partial charge in [0, 0.05) is 5.92 Å². The molecule has 0 bridgehead atoms. The molecule has 0 radical (unpaired) electrons. The van der Waals surface area contributed by atoms with Crippen LogP contribution >= 0.6 is 0 Å². The van der Waals surface area contributed by atoms with E-state index in [-0.39, 0.29) is 5.56 Å². The highest BCUT2D eigenvalue weighted by Gasteiger charge is 2.60. The lowest BCUT2D eigenvalue weighted by molar-refractivity contribution is -0.278. The number of benzene rings is 1. The van der Waals surface area contributed by atoms with Crippen molar-refractivity contribution in [2.24, 2.45) is 5.92 Å². The SMILES string of the molecule is CC(C)C(F)(F)C(OC(=O)c1ccccc1)C(F)(F)F. The van der Waals surface area contributed by atoms with Crippen LogP contribution in [0.3, 0.4) is 0 Å². The van der Waals surface area contributed by atoms with Gasteiger partial charge in [-0.3, -0.25) is 0 Å². The van der Waals surface area contributed by atoms with Gasteiger partial charge in [-0.05, 0) is 12.1 Å². The van der Waals surface area contributed by atoms with Gasteiger partial charge in [0.2, 0.25) is 0 Å². The molecule has 7 heteroatoms. The van der Waals surface area contributed by atoms with Crippen LogP contribution in [-0.2, 0) is 4.74 Å². The first-order chi connectivity index (χ1) is 9.06. The van der Waals surface area contributed by atoms with Crippen LogP contribution in [0.2, 0.25) is 0 Å². The average Bonchev–Trinajstić information content (AvgIpc) is 2.34. The van der Waals surface area contributed by atoms with Gasteiger partial charge in [0.25, 0.3) is 12.0 Å². The third kappa shape index (κ3) is 3.68. The van der Waals surface area contributed by atoms with Crippen LogP contribution in [0, 0.1) is 5.92 Å². The summed E-state index contributed by atoms with van der Waals surface area (Å²) in [6.07, 6.45) is -8.82. The monoisotopic (exact) mass is 296 g/mol. The highest BCUT2D eigenvalue weighted by Crippen LogP contribution is 2.39. The molecule has 2 nitrogen and oxygen atoms in total. The van der Waals surface area contributed by atoms with Gasteiger partial charge in [0.1, 0.15) is 0 Å². The van der Waals surface area contributed by atoms with Crippen LogP contribution in [0.25, 0.3) is 0 Å². The molecule has 0 heterocycles. The zero-order chi connectivity index (χ0) is 15.6. The number of carbonyl (C=O) groups excluding carboxylic acids is 1. The maximum atomic E-state index is 13.6. The second-order valence-corrected chi connectivity index (χ2v) is 4.52. The van der Waals surface area contributed by atoms with E-state index in [1.807, 2.05) is 0 Å². The van der Waals surface area contributed by atoms with E-state index < -0.39 is 30.1 Å². The van der Waals surface area contributed by atoms with Crippen molar-refractivity contribution in [2.45, 2.75) is 32.1 Å². The summed E-state index contributed by atoms with van der Waals surface area (Å²) in [6, 6.07) is 6.67. The third-order valence-electron chi connectivity index (χ3n) is 2.65. The Kier molecular flexibility index (Phi) is 4.73. The molecule has 0 saturated carbocycles. The van der Waals surface area contributed by atoms with Gasteiger partial charge in [-0.1, -0.05) is 32.0 Å². The van der Waals surface area contributed by atoms with E-state index in [1.165, 1.54) is 30.3 Å². The van der Waals surface area contributed by atoms with Crippen molar-refractivity contribution >= 4 is 5.97 Å². The number of esters is 1. The minimum absolute atomic E-state index is 0.221. The highest BCUT2D eigenvalue weighted by molar-refractivity contribution is 5.89. The fraction of sp³-hybridized carbons (Fsp3) is 0.462. The Labute approximate surface area is 112 Å². The summed E-state index contributed by atoms with van der Waals surface area (Å²) in [7, 11) is 0. The van der Waals surface area contributed by atoms with E-state index in [0.29, 0.717) is 0 Å². The lowest BCUT2D eigenvalue weighted by Crippen LogP contribution is -2.50. The summed E-state index contributed by atoms with van der Waals surface area (Å²) in [6.45, 7) is 1.85. The summed E-state index contributed by atoms with van der Waals surface area (Å²) >= 11 is 0. The molecule has 112 valence electrons. The average molecular weight is 296 g/mol. The molecule has 0 fully saturated rings. The predicted molar refractivity (Wildman–Crippen MR) is 61.5 cm³/mol. The molecule has 0 aromatic heterocycles. The molecule has 1 aromatic rings. The molecule has 1 aromatic carbocycles. The van der Waals surface area contributed by atoms with Gasteiger partial charge in [-0.2, -0.15) is 13.2 Å². The van der Waals surface area contributed by atoms with Crippen LogP contribution in [0.15, 0.2) is 30.3 Å². The number of alkyl halides is 5. The Morgan fingerprint density at radius 1 is 1.05 bits per heavy atom. The Hall–Kier alpha value is -1.66. The van der Waals surface area contributed by atoms with Crippen LogP contribution in [0.1, 0.15) is 24.2 Å². The molecule has 0 aliphatic carbocycles. The second kappa shape index (κ2) is 5.76. The van der Waals surface area contributed by atoms with Crippen molar-refractivity contribution in [1.29, 1.82) is 0 Å². The first kappa shape index (κ1) is 16.4. The van der Waals surface area contributed by atoms with Crippen LogP contribution < -0.4 is 0 Å². The van der Waals surface area contributed by atoms with E-state index in [0.717, 1.165) is 13.8 Å². The molecule has 20 heavy (non-hydrogen) atoms. The number of rotatable bonds is 4. The number of carbonyl (C=O) groups is 1. The number of ether oxygens (including phenoxy) is 1. The second-order valence-electron chi connectivity index (χ2n) is 4.52. The molecule has 1 atom stereocenters. The maximum Gasteiger partial charge on any atom is 0.431 e. The minimum atomic E-state index is -5.35. The molecular weight excluding hydrogens is 283 g/mol. The van der Waals surface area contributed by atoms with Crippen LogP contribution in [-0.4, -0.2) is 24.2 Å². The minimum Gasteiger partial charge on any atom is -0.442 e. The maximum absolute atomic E-state index is 13.6. The molecule has 1 unspecified atom stereocenters. The third-order valence-corrected chi connectivity index (χ3v) is 2.65. The molecule has 0 N–H and O–H groups in total. The highest BCUT2D eigenvalue weighted by atomic mass is 19.4. The van der Waals surface area contributed by atoms with Gasteiger partial charge in [0.15, 0.2) is 0 Å². The number of halogens is 5. The standard InChI is InChI=1S/C13H13F5O2/c1-8(2)12(14,15)11(13(16,17)18)20-10(19)9-6-4-3-5-7-9/h3-8,11H,1-2H3. The Bertz CT molecular complexity index is 454. The van der Waals surface area contributed by atoms with E-state index in [1.54, 1.807) is 0 Å². The number of hydrogen-bond donors (Lipinski definition) is 0. The van der Waals surface area contributed by atoms with E-state index in [2.05, 4.69) is 4.74 Å². The summed E-state index contributed by atoms with van der Waals surface area (Å²) in [5, 5.41) is 0. The molecule has 1 rings (SSSR count). The topological polar surface area (TPSA) is 26.3 Å². The lowest BCUT2D eigenvalue weighted by atomic mass is 10.00. The van der Waals surface area contributed by atoms with Gasteiger partial charge in [-0.25, -0.2) is 13.6 Å². The Morgan fingerprint density at radius 3 is 1.95 bits per heavy atom. The first-order valence-electron chi connectivity index (χ1n) is 5.77. The molecular formula is C13H13F5O2. The van der Waals surface area contributed by atoms with Crippen molar-refractivity contribution < 1.29 is 31.5 Å². The van der Waals surface area contributed by atoms with E-state index >= 15 is 0 Å². The van der Waals surface area contributed by atoms with Gasteiger partial charge < -0.3 is 4.74 Å². The first-order valence-corrected chi connectivity index (χ1v) is 5.77.